The van der Waals surface area contributed by atoms with E-state index in [1.807, 2.05) is 18.3 Å². The van der Waals surface area contributed by atoms with Crippen LogP contribution in [-0.4, -0.2) is 64.2 Å². The second-order valence-corrected chi connectivity index (χ2v) is 9.31. The number of rotatable bonds is 5. The first kappa shape index (κ1) is 19.2. The summed E-state index contributed by atoms with van der Waals surface area (Å²) >= 11 is 0. The maximum Gasteiger partial charge on any atom is 0.323 e. The zero-order valence-electron chi connectivity index (χ0n) is 16.0. The number of carbonyl (C=O) groups excluding carboxylic acids is 1. The SMILES string of the molecule is CS(=O)(=O)CCn1ccc(NC(=O)N2CC=C(c3c[nH]c4ncccc34)CC2)n1. The summed E-state index contributed by atoms with van der Waals surface area (Å²) in [5.41, 5.74) is 3.17. The first-order valence-corrected chi connectivity index (χ1v) is 11.3. The number of fused-ring (bicyclic) bond motifs is 1. The Morgan fingerprint density at radius 3 is 2.97 bits per heavy atom. The maximum absolute atomic E-state index is 12.5. The lowest BCUT2D eigenvalue weighted by atomic mass is 10.00. The molecule has 2 N–H and O–H groups in total. The number of urea groups is 1. The molecule has 2 amide bonds. The fraction of sp³-hybridized carbons (Fsp3) is 0.316. The van der Waals surface area contributed by atoms with Gasteiger partial charge in [-0.15, -0.1) is 0 Å². The van der Waals surface area contributed by atoms with Gasteiger partial charge in [-0.3, -0.25) is 10.00 Å². The number of amides is 2. The zero-order valence-corrected chi connectivity index (χ0v) is 16.8. The minimum absolute atomic E-state index is 0.00508. The van der Waals surface area contributed by atoms with Crippen molar-refractivity contribution in [1.82, 2.24) is 24.6 Å². The van der Waals surface area contributed by atoms with E-state index < -0.39 is 9.84 Å². The Bertz CT molecular complexity index is 1180. The molecule has 0 aromatic carbocycles. The van der Waals surface area contributed by atoms with Crippen LogP contribution in [0.25, 0.3) is 16.6 Å². The van der Waals surface area contributed by atoms with E-state index in [4.69, 9.17) is 0 Å². The summed E-state index contributed by atoms with van der Waals surface area (Å²) in [6.07, 6.45) is 9.36. The standard InChI is InChI=1S/C19H22N6O3S/c1-29(27,28)12-11-25-10-6-17(23-25)22-19(26)24-8-4-14(5-9-24)16-13-21-18-15(16)3-2-7-20-18/h2-4,6-7,10,13H,5,8-9,11-12H2,1H3,(H,20,21)(H,22,23,26). The molecular weight excluding hydrogens is 392 g/mol. The fourth-order valence-electron chi connectivity index (χ4n) is 3.32. The third-order valence-electron chi connectivity index (χ3n) is 4.86. The minimum Gasteiger partial charge on any atom is -0.346 e. The number of hydrogen-bond acceptors (Lipinski definition) is 5. The van der Waals surface area contributed by atoms with Crippen molar-refractivity contribution in [2.24, 2.45) is 0 Å². The highest BCUT2D eigenvalue weighted by Gasteiger charge is 2.20. The molecule has 29 heavy (non-hydrogen) atoms. The normalized spacial score (nSPS) is 14.8. The van der Waals surface area contributed by atoms with E-state index in [0.29, 0.717) is 18.9 Å². The van der Waals surface area contributed by atoms with Gasteiger partial charge in [-0.2, -0.15) is 5.10 Å². The molecule has 0 spiro atoms. The summed E-state index contributed by atoms with van der Waals surface area (Å²) in [6, 6.07) is 5.38. The molecule has 1 aliphatic heterocycles. The van der Waals surface area contributed by atoms with Crippen molar-refractivity contribution in [3.63, 3.8) is 0 Å². The second kappa shape index (κ2) is 7.70. The molecule has 0 saturated carbocycles. The van der Waals surface area contributed by atoms with Gasteiger partial charge in [0.2, 0.25) is 0 Å². The average molecular weight is 414 g/mol. The molecule has 0 fully saturated rings. The summed E-state index contributed by atoms with van der Waals surface area (Å²) in [6.45, 7) is 1.35. The number of nitrogens with zero attached hydrogens (tertiary/aromatic N) is 4. The topological polar surface area (TPSA) is 113 Å². The van der Waals surface area contributed by atoms with Crippen molar-refractivity contribution in [1.29, 1.82) is 0 Å². The van der Waals surface area contributed by atoms with E-state index in [0.717, 1.165) is 23.0 Å². The Labute approximate surface area is 168 Å². The zero-order chi connectivity index (χ0) is 20.4. The Kier molecular flexibility index (Phi) is 5.10. The van der Waals surface area contributed by atoms with Crippen LogP contribution in [0.1, 0.15) is 12.0 Å². The lowest BCUT2D eigenvalue weighted by Crippen LogP contribution is -2.38. The first-order chi connectivity index (χ1) is 13.9. The number of carbonyl (C=O) groups is 1. The molecule has 0 saturated heterocycles. The molecule has 0 aliphatic carbocycles. The quantitative estimate of drug-likeness (QED) is 0.664. The van der Waals surface area contributed by atoms with Gasteiger partial charge in [-0.05, 0) is 24.1 Å². The summed E-state index contributed by atoms with van der Waals surface area (Å²) in [4.78, 5) is 21.7. The summed E-state index contributed by atoms with van der Waals surface area (Å²) in [7, 11) is -3.06. The van der Waals surface area contributed by atoms with Crippen LogP contribution in [0.2, 0.25) is 0 Å². The Morgan fingerprint density at radius 1 is 1.34 bits per heavy atom. The van der Waals surface area contributed by atoms with Gasteiger partial charge in [0.05, 0.1) is 12.3 Å². The van der Waals surface area contributed by atoms with Gasteiger partial charge in [0.25, 0.3) is 0 Å². The van der Waals surface area contributed by atoms with Gasteiger partial charge >= 0.3 is 6.03 Å². The molecule has 0 bridgehead atoms. The van der Waals surface area contributed by atoms with Gasteiger partial charge in [-0.25, -0.2) is 18.2 Å². The molecule has 10 heteroatoms. The Balaban J connectivity index is 1.37. The molecule has 0 atom stereocenters. The van der Waals surface area contributed by atoms with Crippen molar-refractivity contribution in [2.75, 3.05) is 30.4 Å². The smallest absolute Gasteiger partial charge is 0.323 e. The molecule has 0 radical (unpaired) electrons. The van der Waals surface area contributed by atoms with Gasteiger partial charge < -0.3 is 9.88 Å². The molecule has 1 aliphatic rings. The third-order valence-corrected chi connectivity index (χ3v) is 5.78. The number of aromatic amines is 1. The molecule has 4 rings (SSSR count). The molecule has 3 aromatic heterocycles. The third kappa shape index (κ3) is 4.48. The number of sulfone groups is 1. The number of pyridine rings is 1. The fourth-order valence-corrected chi connectivity index (χ4v) is 3.84. The van der Waals surface area contributed by atoms with Crippen molar-refractivity contribution < 1.29 is 13.2 Å². The predicted molar refractivity (Wildman–Crippen MR) is 111 cm³/mol. The summed E-state index contributed by atoms with van der Waals surface area (Å²) in [5, 5.41) is 8.05. The first-order valence-electron chi connectivity index (χ1n) is 9.28. The molecule has 4 heterocycles. The Morgan fingerprint density at radius 2 is 2.21 bits per heavy atom. The lowest BCUT2D eigenvalue weighted by molar-refractivity contribution is 0.217. The monoisotopic (exact) mass is 414 g/mol. The van der Waals surface area contributed by atoms with E-state index in [1.54, 1.807) is 23.4 Å². The molecule has 0 unspecified atom stereocenters. The highest BCUT2D eigenvalue weighted by Crippen LogP contribution is 2.28. The number of nitrogens with one attached hydrogen (secondary N) is 2. The average Bonchev–Trinajstić information content (AvgIpc) is 3.33. The number of aryl methyl sites for hydroxylation is 1. The van der Waals surface area contributed by atoms with Crippen molar-refractivity contribution >= 4 is 38.3 Å². The highest BCUT2D eigenvalue weighted by atomic mass is 32.2. The maximum atomic E-state index is 12.5. The van der Waals surface area contributed by atoms with Crippen molar-refractivity contribution in [2.45, 2.75) is 13.0 Å². The van der Waals surface area contributed by atoms with Crippen LogP contribution >= 0.6 is 0 Å². The minimum atomic E-state index is -3.06. The van der Waals surface area contributed by atoms with Crippen LogP contribution in [0.4, 0.5) is 10.6 Å². The van der Waals surface area contributed by atoms with E-state index in [9.17, 15) is 13.2 Å². The van der Waals surface area contributed by atoms with Crippen LogP contribution in [0.5, 0.6) is 0 Å². The van der Waals surface area contributed by atoms with Crippen LogP contribution in [0, 0.1) is 0 Å². The van der Waals surface area contributed by atoms with Crippen LogP contribution < -0.4 is 5.32 Å². The van der Waals surface area contributed by atoms with E-state index >= 15 is 0 Å². The van der Waals surface area contributed by atoms with Crippen LogP contribution in [0.3, 0.4) is 0 Å². The number of anilines is 1. The molecular formula is C19H22N6O3S. The van der Waals surface area contributed by atoms with Crippen molar-refractivity contribution in [3.05, 3.63) is 48.4 Å². The van der Waals surface area contributed by atoms with E-state index in [-0.39, 0.29) is 18.3 Å². The predicted octanol–water partition coefficient (Wildman–Crippen LogP) is 2.13. The van der Waals surface area contributed by atoms with Gasteiger partial charge in [0, 0.05) is 55.0 Å². The second-order valence-electron chi connectivity index (χ2n) is 7.05. The van der Waals surface area contributed by atoms with Crippen molar-refractivity contribution in [3.8, 4) is 0 Å². The number of H-pyrrole nitrogens is 1. The van der Waals surface area contributed by atoms with Gasteiger partial charge in [0.15, 0.2) is 5.82 Å². The highest BCUT2D eigenvalue weighted by molar-refractivity contribution is 7.90. The lowest BCUT2D eigenvalue weighted by Gasteiger charge is -2.26. The summed E-state index contributed by atoms with van der Waals surface area (Å²) in [5.74, 6) is 0.409. The molecule has 3 aromatic rings. The van der Waals surface area contributed by atoms with E-state index in [1.165, 1.54) is 16.5 Å². The largest absolute Gasteiger partial charge is 0.346 e. The molecule has 9 nitrogen and oxygen atoms in total. The molecule has 152 valence electrons. The Hall–Kier alpha value is -3.14. The van der Waals surface area contributed by atoms with Gasteiger partial charge in [0.1, 0.15) is 15.5 Å². The van der Waals surface area contributed by atoms with E-state index in [2.05, 4.69) is 26.5 Å². The van der Waals surface area contributed by atoms with Crippen LogP contribution in [0.15, 0.2) is 42.9 Å². The summed E-state index contributed by atoms with van der Waals surface area (Å²) < 4.78 is 24.0. The van der Waals surface area contributed by atoms with Gasteiger partial charge in [-0.1, -0.05) is 6.08 Å². The number of aromatic nitrogens is 4. The van der Waals surface area contributed by atoms with Crippen LogP contribution in [-0.2, 0) is 16.4 Å². The number of hydrogen-bond donors (Lipinski definition) is 2.